The Morgan fingerprint density at radius 3 is 2.61 bits per heavy atom. The fourth-order valence-electron chi connectivity index (χ4n) is 2.38. The Balaban J connectivity index is 2.12. The first-order valence-corrected chi connectivity index (χ1v) is 7.23. The largest absolute Gasteiger partial charge is 0.449 e. The molecule has 2 rings (SSSR count). The molecule has 0 aromatic heterocycles. The molecule has 0 saturated carbocycles. The van der Waals surface area contributed by atoms with Crippen molar-refractivity contribution in [3.63, 3.8) is 0 Å². The fourth-order valence-corrected chi connectivity index (χ4v) is 2.38. The Morgan fingerprint density at radius 2 is 2.00 bits per heavy atom. The molecular formula is C15H18N2O6. The van der Waals surface area contributed by atoms with Crippen LogP contribution in [0, 0.1) is 17.0 Å². The second-order valence-electron chi connectivity index (χ2n) is 5.21. The highest BCUT2D eigenvalue weighted by Gasteiger charge is 2.29. The van der Waals surface area contributed by atoms with E-state index in [0.717, 1.165) is 0 Å². The standard InChI is InChI=1S/C15H18N2O6/c1-10-4-3-5-12(17(20)21)13(10)15(19)23-11(2)14(18)16-6-8-22-9-7-16/h3-5,11H,6-9H2,1-2H3/t11-/m1/s1. The van der Waals surface area contributed by atoms with Crippen LogP contribution in [-0.4, -0.2) is 54.1 Å². The van der Waals surface area contributed by atoms with Crippen molar-refractivity contribution >= 4 is 17.6 Å². The number of hydrogen-bond donors (Lipinski definition) is 0. The van der Waals surface area contributed by atoms with E-state index in [-0.39, 0.29) is 17.2 Å². The van der Waals surface area contributed by atoms with E-state index in [4.69, 9.17) is 9.47 Å². The van der Waals surface area contributed by atoms with Gasteiger partial charge in [0.05, 0.1) is 18.1 Å². The smallest absolute Gasteiger partial charge is 0.346 e. The van der Waals surface area contributed by atoms with Gasteiger partial charge in [-0.25, -0.2) is 4.79 Å². The van der Waals surface area contributed by atoms with Crippen molar-refractivity contribution in [3.05, 3.63) is 39.4 Å². The SMILES string of the molecule is Cc1cccc([N+](=O)[O-])c1C(=O)O[C@H](C)C(=O)N1CCOCC1. The van der Waals surface area contributed by atoms with E-state index in [2.05, 4.69) is 0 Å². The molecule has 1 heterocycles. The van der Waals surface area contributed by atoms with Crippen LogP contribution in [0.2, 0.25) is 0 Å². The maximum absolute atomic E-state index is 12.3. The molecule has 0 unspecified atom stereocenters. The summed E-state index contributed by atoms with van der Waals surface area (Å²) in [5, 5.41) is 11.1. The number of esters is 1. The third kappa shape index (κ3) is 3.84. The van der Waals surface area contributed by atoms with Gasteiger partial charge in [-0.3, -0.25) is 14.9 Å². The lowest BCUT2D eigenvalue weighted by atomic mass is 10.1. The van der Waals surface area contributed by atoms with E-state index in [0.29, 0.717) is 31.9 Å². The van der Waals surface area contributed by atoms with Crippen molar-refractivity contribution in [2.75, 3.05) is 26.3 Å². The summed E-state index contributed by atoms with van der Waals surface area (Å²) >= 11 is 0. The summed E-state index contributed by atoms with van der Waals surface area (Å²) in [6, 6.07) is 4.31. The Bertz CT molecular complexity index is 624. The average Bonchev–Trinajstić information content (AvgIpc) is 2.54. The van der Waals surface area contributed by atoms with Gasteiger partial charge in [-0.2, -0.15) is 0 Å². The normalized spacial score (nSPS) is 15.8. The predicted octanol–water partition coefficient (Wildman–Crippen LogP) is 1.31. The zero-order chi connectivity index (χ0) is 17.0. The molecule has 1 aliphatic heterocycles. The van der Waals surface area contributed by atoms with Gasteiger partial charge in [-0.05, 0) is 19.4 Å². The highest BCUT2D eigenvalue weighted by atomic mass is 16.6. The summed E-state index contributed by atoms with van der Waals surface area (Å²) in [5.74, 6) is -1.21. The van der Waals surface area contributed by atoms with Crippen LogP contribution in [0.5, 0.6) is 0 Å². The van der Waals surface area contributed by atoms with Crippen molar-refractivity contribution in [2.45, 2.75) is 20.0 Å². The summed E-state index contributed by atoms with van der Waals surface area (Å²) in [6.07, 6.45) is -1.01. The average molecular weight is 322 g/mol. The summed E-state index contributed by atoms with van der Waals surface area (Å²) in [4.78, 5) is 36.5. The highest BCUT2D eigenvalue weighted by molar-refractivity contribution is 5.97. The molecule has 0 spiro atoms. The molecule has 1 amide bonds. The molecule has 1 aromatic carbocycles. The Morgan fingerprint density at radius 1 is 1.35 bits per heavy atom. The number of benzene rings is 1. The molecule has 0 N–H and O–H groups in total. The minimum absolute atomic E-state index is 0.126. The molecule has 0 aliphatic carbocycles. The summed E-state index contributed by atoms with van der Waals surface area (Å²) in [7, 11) is 0. The van der Waals surface area contributed by atoms with Gasteiger partial charge >= 0.3 is 5.97 Å². The van der Waals surface area contributed by atoms with Gasteiger partial charge in [0.1, 0.15) is 5.56 Å². The molecule has 1 fully saturated rings. The van der Waals surface area contributed by atoms with Gasteiger partial charge in [0.15, 0.2) is 6.10 Å². The molecule has 0 radical (unpaired) electrons. The van der Waals surface area contributed by atoms with Gasteiger partial charge in [0.2, 0.25) is 0 Å². The van der Waals surface area contributed by atoms with Gasteiger partial charge in [0, 0.05) is 19.2 Å². The van der Waals surface area contributed by atoms with Crippen molar-refractivity contribution in [1.82, 2.24) is 4.90 Å². The quantitative estimate of drug-likeness (QED) is 0.471. The lowest BCUT2D eigenvalue weighted by Gasteiger charge is -2.29. The zero-order valence-corrected chi connectivity index (χ0v) is 13.0. The lowest BCUT2D eigenvalue weighted by Crippen LogP contribution is -2.46. The molecule has 8 nitrogen and oxygen atoms in total. The van der Waals surface area contributed by atoms with E-state index in [1.54, 1.807) is 17.9 Å². The number of morpholine rings is 1. The van der Waals surface area contributed by atoms with Crippen molar-refractivity contribution in [2.24, 2.45) is 0 Å². The zero-order valence-electron chi connectivity index (χ0n) is 13.0. The number of nitrogens with zero attached hydrogens (tertiary/aromatic N) is 2. The molecule has 1 atom stereocenters. The van der Waals surface area contributed by atoms with E-state index >= 15 is 0 Å². The van der Waals surface area contributed by atoms with Crippen LogP contribution in [0.4, 0.5) is 5.69 Å². The van der Waals surface area contributed by atoms with Crippen LogP contribution < -0.4 is 0 Å². The first-order chi connectivity index (χ1) is 10.9. The summed E-state index contributed by atoms with van der Waals surface area (Å²) < 4.78 is 10.3. The molecule has 1 aliphatic rings. The van der Waals surface area contributed by atoms with Gasteiger partial charge in [0.25, 0.3) is 11.6 Å². The second kappa shape index (κ2) is 7.19. The predicted molar refractivity (Wildman–Crippen MR) is 80.1 cm³/mol. The third-order valence-corrected chi connectivity index (χ3v) is 3.61. The van der Waals surface area contributed by atoms with Crippen LogP contribution in [0.25, 0.3) is 0 Å². The topological polar surface area (TPSA) is 99.0 Å². The number of nitro groups is 1. The number of carbonyl (C=O) groups is 2. The third-order valence-electron chi connectivity index (χ3n) is 3.61. The second-order valence-corrected chi connectivity index (χ2v) is 5.21. The van der Waals surface area contributed by atoms with Gasteiger partial charge < -0.3 is 14.4 Å². The maximum atomic E-state index is 12.3. The van der Waals surface area contributed by atoms with Crippen LogP contribution in [0.3, 0.4) is 0 Å². The lowest BCUT2D eigenvalue weighted by molar-refractivity contribution is -0.385. The molecule has 1 aromatic rings. The van der Waals surface area contributed by atoms with Crippen LogP contribution in [0.15, 0.2) is 18.2 Å². The van der Waals surface area contributed by atoms with E-state index < -0.39 is 17.0 Å². The Kier molecular flexibility index (Phi) is 5.28. The minimum Gasteiger partial charge on any atom is -0.449 e. The summed E-state index contributed by atoms with van der Waals surface area (Å²) in [6.45, 7) is 4.79. The number of rotatable bonds is 4. The molecule has 8 heteroatoms. The van der Waals surface area contributed by atoms with Crippen LogP contribution in [0.1, 0.15) is 22.8 Å². The van der Waals surface area contributed by atoms with Crippen LogP contribution in [-0.2, 0) is 14.3 Å². The first-order valence-electron chi connectivity index (χ1n) is 7.23. The molecule has 1 saturated heterocycles. The molecule has 23 heavy (non-hydrogen) atoms. The number of aryl methyl sites for hydroxylation is 1. The number of amides is 1. The number of carbonyl (C=O) groups excluding carboxylic acids is 2. The molecule has 0 bridgehead atoms. The Hall–Kier alpha value is -2.48. The number of nitro benzene ring substituents is 1. The molecular weight excluding hydrogens is 304 g/mol. The fraction of sp³-hybridized carbons (Fsp3) is 0.467. The molecule has 124 valence electrons. The van der Waals surface area contributed by atoms with Crippen molar-refractivity contribution in [3.8, 4) is 0 Å². The van der Waals surface area contributed by atoms with Crippen molar-refractivity contribution < 1.29 is 24.0 Å². The van der Waals surface area contributed by atoms with Crippen molar-refractivity contribution in [1.29, 1.82) is 0 Å². The first kappa shape index (κ1) is 16.9. The summed E-state index contributed by atoms with van der Waals surface area (Å²) in [5.41, 5.74) is -0.0321. The van der Waals surface area contributed by atoms with E-state index in [1.165, 1.54) is 19.1 Å². The van der Waals surface area contributed by atoms with Crippen LogP contribution >= 0.6 is 0 Å². The van der Waals surface area contributed by atoms with Gasteiger partial charge in [-0.1, -0.05) is 12.1 Å². The maximum Gasteiger partial charge on any atom is 0.346 e. The Labute approximate surface area is 133 Å². The minimum atomic E-state index is -1.01. The van der Waals surface area contributed by atoms with E-state index in [1.807, 2.05) is 0 Å². The highest BCUT2D eigenvalue weighted by Crippen LogP contribution is 2.23. The van der Waals surface area contributed by atoms with E-state index in [9.17, 15) is 19.7 Å². The number of hydrogen-bond acceptors (Lipinski definition) is 6. The monoisotopic (exact) mass is 322 g/mol. The van der Waals surface area contributed by atoms with Gasteiger partial charge in [-0.15, -0.1) is 0 Å². The number of ether oxygens (including phenoxy) is 2.